The van der Waals surface area contributed by atoms with Gasteiger partial charge in [-0.3, -0.25) is 19.3 Å². The average molecular weight is 716 g/mol. The largest absolute Gasteiger partial charge is 0.454 e. The van der Waals surface area contributed by atoms with Crippen molar-refractivity contribution in [3.05, 3.63) is 57.8 Å². The molecule has 0 bridgehead atoms. The van der Waals surface area contributed by atoms with E-state index < -0.39 is 36.3 Å². The first-order valence-corrected chi connectivity index (χ1v) is 12.5. The average Bonchev–Trinajstić information content (AvgIpc) is 3.01. The number of fused-ring (bicyclic) bond motifs is 1. The minimum absolute atomic E-state index is 0.116. The molecule has 1 atom stereocenters. The maximum Gasteiger partial charge on any atom is 0.329 e. The SMILES string of the molecule is Cc1c(Cl)cccc1NC(=O)COC(=O)C(C)N1C(=O)c2c(Br)c(Br)c(Br)c(Br)c2C1=O. The number of hydrogen-bond acceptors (Lipinski definition) is 5. The number of carbonyl (C=O) groups is 4. The Labute approximate surface area is 221 Å². The molecule has 12 heteroatoms. The summed E-state index contributed by atoms with van der Waals surface area (Å²) >= 11 is 19.3. The lowest BCUT2D eigenvalue weighted by Crippen LogP contribution is -2.44. The van der Waals surface area contributed by atoms with E-state index in [4.69, 9.17) is 16.3 Å². The first kappa shape index (κ1) is 25.4. The summed E-state index contributed by atoms with van der Waals surface area (Å²) in [6, 6.07) is 3.77. The Morgan fingerprint density at radius 2 is 1.56 bits per heavy atom. The van der Waals surface area contributed by atoms with Gasteiger partial charge in [-0.05, 0) is 95.3 Å². The molecule has 0 radical (unpaired) electrons. The third-order valence-corrected chi connectivity index (χ3v) is 9.93. The first-order valence-electron chi connectivity index (χ1n) is 8.92. The molecule has 0 spiro atoms. The number of esters is 1. The van der Waals surface area contributed by atoms with Gasteiger partial charge in [0.2, 0.25) is 0 Å². The van der Waals surface area contributed by atoms with Gasteiger partial charge in [-0.15, -0.1) is 0 Å². The van der Waals surface area contributed by atoms with E-state index >= 15 is 0 Å². The van der Waals surface area contributed by atoms with E-state index in [1.165, 1.54) is 6.92 Å². The van der Waals surface area contributed by atoms with E-state index in [0.717, 1.165) is 4.90 Å². The molecular formula is C20H13Br4ClN2O5. The number of nitrogens with one attached hydrogen (secondary N) is 1. The molecule has 7 nitrogen and oxygen atoms in total. The molecule has 0 saturated heterocycles. The maximum atomic E-state index is 13.0. The Morgan fingerprint density at radius 3 is 2.09 bits per heavy atom. The van der Waals surface area contributed by atoms with Crippen LogP contribution < -0.4 is 5.32 Å². The number of benzene rings is 2. The molecule has 3 amide bonds. The lowest BCUT2D eigenvalue weighted by atomic mass is 10.1. The fraction of sp³-hybridized carbons (Fsp3) is 0.200. The van der Waals surface area contributed by atoms with Crippen LogP contribution in [0.3, 0.4) is 0 Å². The molecule has 1 heterocycles. The standard InChI is InChI=1S/C20H13Br4ClN2O5/c1-7-9(25)4-3-5-10(7)26-11(28)6-32-20(31)8(2)27-18(29)12-13(19(27)30)15(22)17(24)16(23)14(12)21/h3-5,8H,6H2,1-2H3,(H,26,28). The third kappa shape index (κ3) is 4.54. The van der Waals surface area contributed by atoms with Crippen LogP contribution >= 0.6 is 75.3 Å². The minimum atomic E-state index is -1.25. The highest BCUT2D eigenvalue weighted by atomic mass is 79.9. The van der Waals surface area contributed by atoms with Gasteiger partial charge >= 0.3 is 5.97 Å². The van der Waals surface area contributed by atoms with E-state index in [9.17, 15) is 19.2 Å². The maximum absolute atomic E-state index is 13.0. The molecule has 168 valence electrons. The molecule has 0 aliphatic carbocycles. The lowest BCUT2D eigenvalue weighted by Gasteiger charge is -2.21. The number of anilines is 1. The minimum Gasteiger partial charge on any atom is -0.454 e. The van der Waals surface area contributed by atoms with Crippen molar-refractivity contribution in [2.75, 3.05) is 11.9 Å². The van der Waals surface area contributed by atoms with E-state index in [-0.39, 0.29) is 11.1 Å². The number of ether oxygens (including phenoxy) is 1. The molecule has 3 rings (SSSR count). The van der Waals surface area contributed by atoms with Crippen molar-refractivity contribution in [3.8, 4) is 0 Å². The molecule has 1 aliphatic heterocycles. The first-order chi connectivity index (χ1) is 15.0. The van der Waals surface area contributed by atoms with Gasteiger partial charge in [0.25, 0.3) is 17.7 Å². The van der Waals surface area contributed by atoms with E-state index in [1.54, 1.807) is 25.1 Å². The Bertz CT molecular complexity index is 1140. The molecule has 32 heavy (non-hydrogen) atoms. The number of hydrogen-bond donors (Lipinski definition) is 1. The van der Waals surface area contributed by atoms with Crippen molar-refractivity contribution in [1.29, 1.82) is 0 Å². The summed E-state index contributed by atoms with van der Waals surface area (Å²) in [5.74, 6) is -2.80. The van der Waals surface area contributed by atoms with E-state index in [0.29, 0.717) is 34.2 Å². The zero-order valence-corrected chi connectivity index (χ0v) is 23.5. The van der Waals surface area contributed by atoms with Gasteiger partial charge in [-0.2, -0.15) is 0 Å². The van der Waals surface area contributed by atoms with Crippen LogP contribution in [-0.4, -0.2) is 41.2 Å². The Balaban J connectivity index is 1.72. The van der Waals surface area contributed by atoms with Crippen LogP contribution in [0.5, 0.6) is 0 Å². The van der Waals surface area contributed by atoms with Crippen LogP contribution in [0.2, 0.25) is 5.02 Å². The third-order valence-electron chi connectivity index (χ3n) is 4.75. The highest BCUT2D eigenvalue weighted by Crippen LogP contribution is 2.45. The van der Waals surface area contributed by atoms with Crippen molar-refractivity contribution >= 4 is 105 Å². The summed E-state index contributed by atoms with van der Waals surface area (Å²) in [7, 11) is 0. The second-order valence-electron chi connectivity index (χ2n) is 6.73. The fourth-order valence-corrected chi connectivity index (χ4v) is 5.64. The van der Waals surface area contributed by atoms with Crippen molar-refractivity contribution in [2.24, 2.45) is 0 Å². The number of nitrogens with zero attached hydrogens (tertiary/aromatic N) is 1. The second-order valence-corrected chi connectivity index (χ2v) is 10.3. The topological polar surface area (TPSA) is 92.8 Å². The summed E-state index contributed by atoms with van der Waals surface area (Å²) in [5.41, 5.74) is 1.39. The molecule has 1 N–H and O–H groups in total. The van der Waals surface area contributed by atoms with Gasteiger partial charge in [-0.25, -0.2) is 4.79 Å². The van der Waals surface area contributed by atoms with Crippen LogP contribution in [0.25, 0.3) is 0 Å². The zero-order chi connectivity index (χ0) is 23.9. The van der Waals surface area contributed by atoms with Crippen molar-refractivity contribution in [2.45, 2.75) is 19.9 Å². The number of halogens is 5. The molecule has 0 fully saturated rings. The van der Waals surface area contributed by atoms with Crippen molar-refractivity contribution < 1.29 is 23.9 Å². The highest BCUT2D eigenvalue weighted by Gasteiger charge is 2.45. The molecule has 0 saturated carbocycles. The Morgan fingerprint density at radius 1 is 1.03 bits per heavy atom. The smallest absolute Gasteiger partial charge is 0.329 e. The number of rotatable bonds is 5. The Kier molecular flexibility index (Phi) is 7.86. The summed E-state index contributed by atoms with van der Waals surface area (Å²) in [6.07, 6.45) is 0. The summed E-state index contributed by atoms with van der Waals surface area (Å²) in [4.78, 5) is 51.5. The number of imide groups is 1. The second kappa shape index (κ2) is 9.92. The highest BCUT2D eigenvalue weighted by molar-refractivity contribution is 9.15. The van der Waals surface area contributed by atoms with Crippen LogP contribution in [-0.2, 0) is 14.3 Å². The Hall–Kier alpha value is -1.27. The molecule has 1 aliphatic rings. The normalized spacial score (nSPS) is 13.8. The summed E-state index contributed by atoms with van der Waals surface area (Å²) in [6.45, 7) is 2.50. The van der Waals surface area contributed by atoms with Gasteiger partial charge < -0.3 is 10.1 Å². The van der Waals surface area contributed by atoms with E-state index in [2.05, 4.69) is 69.0 Å². The van der Waals surface area contributed by atoms with Crippen LogP contribution in [0.4, 0.5) is 5.69 Å². The number of amides is 3. The van der Waals surface area contributed by atoms with Crippen LogP contribution in [0, 0.1) is 6.92 Å². The quantitative estimate of drug-likeness (QED) is 0.181. The van der Waals surface area contributed by atoms with Gasteiger partial charge in [0.1, 0.15) is 6.04 Å². The van der Waals surface area contributed by atoms with Gasteiger partial charge in [0.05, 0.1) is 11.1 Å². The molecule has 2 aromatic carbocycles. The van der Waals surface area contributed by atoms with Gasteiger partial charge in [-0.1, -0.05) is 17.7 Å². The van der Waals surface area contributed by atoms with Gasteiger partial charge in [0, 0.05) is 28.6 Å². The van der Waals surface area contributed by atoms with E-state index in [1.807, 2.05) is 0 Å². The van der Waals surface area contributed by atoms with Crippen molar-refractivity contribution in [1.82, 2.24) is 4.90 Å². The van der Waals surface area contributed by atoms with Crippen LogP contribution in [0.1, 0.15) is 33.2 Å². The monoisotopic (exact) mass is 712 g/mol. The molecule has 1 unspecified atom stereocenters. The number of carbonyl (C=O) groups excluding carboxylic acids is 4. The fourth-order valence-electron chi connectivity index (χ4n) is 3.01. The molecular weight excluding hydrogens is 703 g/mol. The van der Waals surface area contributed by atoms with Crippen LogP contribution in [0.15, 0.2) is 36.1 Å². The molecule has 2 aromatic rings. The van der Waals surface area contributed by atoms with Gasteiger partial charge in [0.15, 0.2) is 6.61 Å². The summed E-state index contributed by atoms with van der Waals surface area (Å²) < 4.78 is 6.88. The summed E-state index contributed by atoms with van der Waals surface area (Å²) in [5, 5.41) is 3.08. The molecule has 0 aromatic heterocycles. The van der Waals surface area contributed by atoms with Crippen molar-refractivity contribution in [3.63, 3.8) is 0 Å². The predicted octanol–water partition coefficient (Wildman–Crippen LogP) is 5.86. The zero-order valence-electron chi connectivity index (χ0n) is 16.4. The lowest BCUT2D eigenvalue weighted by molar-refractivity contribution is -0.150. The predicted molar refractivity (Wildman–Crippen MR) is 133 cm³/mol.